The van der Waals surface area contributed by atoms with Crippen LogP contribution in [-0.2, 0) is 24.4 Å². The van der Waals surface area contributed by atoms with Gasteiger partial charge in [-0.15, -0.1) is 0 Å². The highest BCUT2D eigenvalue weighted by molar-refractivity contribution is 5.88. The minimum absolute atomic E-state index is 0.152. The second-order valence-corrected chi connectivity index (χ2v) is 4.43. The number of carbonyl (C=O) groups excluding carboxylic acids is 1. The average Bonchev–Trinajstić information content (AvgIpc) is 2.85. The number of nitrogens with two attached hydrogens (primary N) is 1. The number of aromatic nitrogens is 3. The molecule has 0 saturated carbocycles. The largest absolute Gasteiger partial charge is 0.465 e. The van der Waals surface area contributed by atoms with Crippen LogP contribution in [0.4, 0.5) is 4.79 Å². The van der Waals surface area contributed by atoms with Gasteiger partial charge in [-0.1, -0.05) is 0 Å². The van der Waals surface area contributed by atoms with Gasteiger partial charge in [0, 0.05) is 0 Å². The van der Waals surface area contributed by atoms with E-state index in [-0.39, 0.29) is 25.0 Å². The fourth-order valence-electron chi connectivity index (χ4n) is 2.09. The number of carbonyl (C=O) groups is 2. The Hall–Kier alpha value is -2.16. The summed E-state index contributed by atoms with van der Waals surface area (Å²) in [5, 5.41) is 19.9. The van der Waals surface area contributed by atoms with Crippen molar-refractivity contribution in [1.29, 1.82) is 0 Å². The fourth-order valence-corrected chi connectivity index (χ4v) is 2.09. The highest BCUT2D eigenvalue weighted by atomic mass is 16.4. The van der Waals surface area contributed by atoms with Gasteiger partial charge in [0.25, 0.3) is 0 Å². The molecule has 0 bridgehead atoms. The van der Waals surface area contributed by atoms with Crippen LogP contribution in [-0.4, -0.2) is 49.1 Å². The Morgan fingerprint density at radius 2 is 2.06 bits per heavy atom. The maximum absolute atomic E-state index is 10.9. The molecule has 1 aromatic rings. The van der Waals surface area contributed by atoms with Crippen LogP contribution in [0.1, 0.15) is 11.4 Å². The van der Waals surface area contributed by atoms with Crippen molar-refractivity contribution in [2.45, 2.75) is 31.7 Å². The zero-order valence-electron chi connectivity index (χ0n) is 9.41. The van der Waals surface area contributed by atoms with Crippen LogP contribution >= 0.6 is 0 Å². The number of carboxylic acid groups (broad SMARTS) is 1. The summed E-state index contributed by atoms with van der Waals surface area (Å²) in [6.07, 6.45) is -0.977. The first-order valence-corrected chi connectivity index (χ1v) is 5.51. The van der Waals surface area contributed by atoms with E-state index in [9.17, 15) is 9.59 Å². The number of hydrogen-bond donors (Lipinski definition) is 3. The molecule has 2 atom stereocenters. The van der Waals surface area contributed by atoms with Crippen molar-refractivity contribution < 1.29 is 14.7 Å². The maximum Gasteiger partial charge on any atom is 0.408 e. The van der Waals surface area contributed by atoms with E-state index in [0.29, 0.717) is 17.9 Å². The van der Waals surface area contributed by atoms with Gasteiger partial charge in [0.1, 0.15) is 17.4 Å². The number of amides is 2. The summed E-state index contributed by atoms with van der Waals surface area (Å²) < 4.78 is 0. The number of nitrogens with one attached hydrogen (secondary N) is 1. The molecule has 1 fully saturated rings. The van der Waals surface area contributed by atoms with Crippen LogP contribution in [0.5, 0.6) is 0 Å². The quantitative estimate of drug-likeness (QED) is 0.527. The van der Waals surface area contributed by atoms with Crippen LogP contribution in [0.25, 0.3) is 0 Å². The summed E-state index contributed by atoms with van der Waals surface area (Å²) in [5.74, 6) is -0.170. The number of hydrogen-bond acceptors (Lipinski definition) is 5. The lowest BCUT2D eigenvalue weighted by Crippen LogP contribution is -2.68. The van der Waals surface area contributed by atoms with Crippen molar-refractivity contribution in [2.75, 3.05) is 0 Å². The van der Waals surface area contributed by atoms with E-state index < -0.39 is 12.1 Å². The average molecular weight is 252 g/mol. The fraction of sp³-hybridized carbons (Fsp3) is 0.556. The Morgan fingerprint density at radius 1 is 1.44 bits per heavy atom. The summed E-state index contributed by atoms with van der Waals surface area (Å²) in [6, 6.07) is -0.665. The van der Waals surface area contributed by atoms with Crippen molar-refractivity contribution >= 4 is 12.0 Å². The summed E-state index contributed by atoms with van der Waals surface area (Å²) in [4.78, 5) is 24.4. The molecule has 4 N–H and O–H groups in total. The molecule has 2 aliphatic heterocycles. The molecular weight excluding hydrogens is 240 g/mol. The Bertz CT molecular complexity index is 503. The third-order valence-corrected chi connectivity index (χ3v) is 3.18. The molecule has 2 aliphatic rings. The predicted octanol–water partition coefficient (Wildman–Crippen LogP) is -1.90. The number of nitrogens with zero attached hydrogens (tertiary/aromatic N) is 4. The van der Waals surface area contributed by atoms with Gasteiger partial charge in [-0.05, 0) is 0 Å². The minimum Gasteiger partial charge on any atom is -0.465 e. The topological polar surface area (TPSA) is 126 Å². The first kappa shape index (κ1) is 11.0. The molecule has 9 nitrogen and oxygen atoms in total. The van der Waals surface area contributed by atoms with Crippen LogP contribution in [0, 0.1) is 0 Å². The standard InChI is InChI=1S/C9H12N6O3/c10-7-6(11-8(7)16)3-15-12-4-1-14(9(17)18)2-5(4)13-15/h6-7H,1-3,10H2,(H,11,16)(H,17,18)/t6-,7+/m1/s1. The molecule has 9 heteroatoms. The zero-order valence-corrected chi connectivity index (χ0v) is 9.41. The van der Waals surface area contributed by atoms with E-state index in [1.54, 1.807) is 0 Å². The molecular formula is C9H12N6O3. The summed E-state index contributed by atoms with van der Waals surface area (Å²) in [7, 11) is 0. The number of β-lactam (4-membered cyclic amide) rings is 1. The van der Waals surface area contributed by atoms with Crippen LogP contribution in [0.15, 0.2) is 0 Å². The lowest BCUT2D eigenvalue weighted by atomic mass is 10.0. The van der Waals surface area contributed by atoms with Gasteiger partial charge < -0.3 is 16.2 Å². The molecule has 2 amide bonds. The van der Waals surface area contributed by atoms with Gasteiger partial charge in [-0.2, -0.15) is 15.0 Å². The van der Waals surface area contributed by atoms with Crippen LogP contribution in [0.2, 0.25) is 0 Å². The molecule has 3 rings (SSSR count). The van der Waals surface area contributed by atoms with Crippen molar-refractivity contribution in [1.82, 2.24) is 25.2 Å². The van der Waals surface area contributed by atoms with Crippen molar-refractivity contribution in [3.05, 3.63) is 11.4 Å². The first-order chi connectivity index (χ1) is 8.54. The van der Waals surface area contributed by atoms with Crippen LogP contribution < -0.4 is 11.1 Å². The SMILES string of the molecule is N[C@@H]1C(=O)N[C@@H]1Cn1nc2c(n1)CN(C(=O)O)C2. The van der Waals surface area contributed by atoms with Crippen molar-refractivity contribution in [3.8, 4) is 0 Å². The van der Waals surface area contributed by atoms with Crippen molar-refractivity contribution in [2.24, 2.45) is 5.73 Å². The molecule has 0 unspecified atom stereocenters. The van der Waals surface area contributed by atoms with E-state index in [1.165, 1.54) is 9.70 Å². The van der Waals surface area contributed by atoms with Gasteiger partial charge in [-0.25, -0.2) is 4.79 Å². The molecule has 1 aromatic heterocycles. The maximum atomic E-state index is 10.9. The Kier molecular flexibility index (Phi) is 2.23. The van der Waals surface area contributed by atoms with E-state index in [0.717, 1.165) is 0 Å². The van der Waals surface area contributed by atoms with E-state index >= 15 is 0 Å². The molecule has 0 aromatic carbocycles. The Balaban J connectivity index is 1.66. The third kappa shape index (κ3) is 1.59. The molecule has 3 heterocycles. The molecule has 0 spiro atoms. The Morgan fingerprint density at radius 3 is 2.50 bits per heavy atom. The lowest BCUT2D eigenvalue weighted by molar-refractivity contribution is -0.130. The summed E-state index contributed by atoms with van der Waals surface area (Å²) in [5.41, 5.74) is 6.93. The van der Waals surface area contributed by atoms with E-state index in [2.05, 4.69) is 15.5 Å². The second-order valence-electron chi connectivity index (χ2n) is 4.43. The van der Waals surface area contributed by atoms with E-state index in [1.807, 2.05) is 0 Å². The number of rotatable bonds is 2. The molecule has 0 radical (unpaired) electrons. The first-order valence-electron chi connectivity index (χ1n) is 5.51. The zero-order chi connectivity index (χ0) is 12.9. The highest BCUT2D eigenvalue weighted by Crippen LogP contribution is 2.19. The minimum atomic E-state index is -0.977. The molecule has 18 heavy (non-hydrogen) atoms. The molecule has 96 valence electrons. The highest BCUT2D eigenvalue weighted by Gasteiger charge is 2.37. The Labute approximate surface area is 102 Å². The molecule has 1 saturated heterocycles. The van der Waals surface area contributed by atoms with Crippen LogP contribution in [0.3, 0.4) is 0 Å². The second kappa shape index (κ2) is 3.67. The predicted molar refractivity (Wildman–Crippen MR) is 57.2 cm³/mol. The normalized spacial score (nSPS) is 25.6. The van der Waals surface area contributed by atoms with Crippen molar-refractivity contribution in [3.63, 3.8) is 0 Å². The monoisotopic (exact) mass is 252 g/mol. The number of fused-ring (bicyclic) bond motifs is 1. The van der Waals surface area contributed by atoms with E-state index in [4.69, 9.17) is 10.8 Å². The lowest BCUT2D eigenvalue weighted by Gasteiger charge is -2.33. The van der Waals surface area contributed by atoms with Gasteiger partial charge in [0.05, 0.1) is 25.7 Å². The summed E-state index contributed by atoms with van der Waals surface area (Å²) >= 11 is 0. The van der Waals surface area contributed by atoms with Gasteiger partial charge in [-0.3, -0.25) is 9.69 Å². The third-order valence-electron chi connectivity index (χ3n) is 3.18. The molecule has 0 aliphatic carbocycles. The van der Waals surface area contributed by atoms with Gasteiger partial charge in [0.15, 0.2) is 0 Å². The smallest absolute Gasteiger partial charge is 0.408 e. The van der Waals surface area contributed by atoms with Gasteiger partial charge >= 0.3 is 6.09 Å². The van der Waals surface area contributed by atoms with Gasteiger partial charge in [0.2, 0.25) is 5.91 Å². The summed E-state index contributed by atoms with van der Waals surface area (Å²) in [6.45, 7) is 0.925.